The molecule has 0 aliphatic carbocycles. The van der Waals surface area contributed by atoms with Crippen molar-refractivity contribution in [1.29, 1.82) is 0 Å². The van der Waals surface area contributed by atoms with Gasteiger partial charge in [0.1, 0.15) is 19.0 Å². The standard InChI is InChI=1S/C22H22N2O4S/c1-14(2)23-22-24(16-5-7-17(26-3)8-6-16)21(25)20(29-22)13-15-4-9-18-19(12-15)28-11-10-27-18/h4-9,12-14H,10-11H2,1-3H3/b20-13-,23-22?. The van der Waals surface area contributed by atoms with Gasteiger partial charge in [-0.1, -0.05) is 6.07 Å². The summed E-state index contributed by atoms with van der Waals surface area (Å²) in [6.07, 6.45) is 1.87. The van der Waals surface area contributed by atoms with E-state index in [2.05, 4.69) is 4.99 Å². The van der Waals surface area contributed by atoms with Gasteiger partial charge in [0.15, 0.2) is 16.7 Å². The molecule has 0 radical (unpaired) electrons. The molecule has 2 aromatic carbocycles. The van der Waals surface area contributed by atoms with Crippen molar-refractivity contribution in [3.8, 4) is 17.2 Å². The number of carbonyl (C=O) groups excluding carboxylic acids is 1. The van der Waals surface area contributed by atoms with Crippen LogP contribution in [-0.2, 0) is 4.79 Å². The van der Waals surface area contributed by atoms with E-state index in [0.29, 0.717) is 29.0 Å². The second-order valence-electron chi connectivity index (χ2n) is 6.86. The molecule has 1 amide bonds. The second kappa shape index (κ2) is 8.21. The van der Waals surface area contributed by atoms with Crippen LogP contribution in [0.2, 0.25) is 0 Å². The molecule has 2 aliphatic heterocycles. The normalized spacial score (nSPS) is 18.8. The number of amides is 1. The SMILES string of the molecule is COc1ccc(N2C(=O)/C(=C/c3ccc4c(c3)OCCO4)SC2=NC(C)C)cc1. The van der Waals surface area contributed by atoms with Crippen molar-refractivity contribution in [1.82, 2.24) is 0 Å². The molecule has 0 unspecified atom stereocenters. The van der Waals surface area contributed by atoms with Gasteiger partial charge in [0.25, 0.3) is 5.91 Å². The molecule has 1 saturated heterocycles. The van der Waals surface area contributed by atoms with Crippen LogP contribution in [-0.4, -0.2) is 37.4 Å². The minimum atomic E-state index is -0.102. The Morgan fingerprint density at radius 2 is 1.83 bits per heavy atom. The van der Waals surface area contributed by atoms with Crippen molar-refractivity contribution >= 4 is 34.6 Å². The van der Waals surface area contributed by atoms with Crippen LogP contribution in [0.1, 0.15) is 19.4 Å². The Labute approximate surface area is 174 Å². The van der Waals surface area contributed by atoms with Crippen LogP contribution in [0, 0.1) is 0 Å². The lowest BCUT2D eigenvalue weighted by Gasteiger charge is -2.18. The third-order valence-electron chi connectivity index (χ3n) is 4.37. The van der Waals surface area contributed by atoms with Crippen molar-refractivity contribution in [2.75, 3.05) is 25.2 Å². The molecule has 0 atom stereocenters. The van der Waals surface area contributed by atoms with Crippen molar-refractivity contribution in [3.05, 3.63) is 52.9 Å². The van der Waals surface area contributed by atoms with Crippen molar-refractivity contribution in [3.63, 3.8) is 0 Å². The number of hydrogen-bond acceptors (Lipinski definition) is 6. The molecular formula is C22H22N2O4S. The molecule has 7 heteroatoms. The van der Waals surface area contributed by atoms with Gasteiger partial charge in [0, 0.05) is 6.04 Å². The molecule has 2 aliphatic rings. The largest absolute Gasteiger partial charge is 0.497 e. The first-order valence-electron chi connectivity index (χ1n) is 9.40. The number of nitrogens with zero attached hydrogens (tertiary/aromatic N) is 2. The lowest BCUT2D eigenvalue weighted by atomic mass is 10.1. The lowest BCUT2D eigenvalue weighted by Crippen LogP contribution is -2.29. The van der Waals surface area contributed by atoms with E-state index in [1.54, 1.807) is 12.0 Å². The number of rotatable bonds is 4. The Morgan fingerprint density at radius 1 is 1.10 bits per heavy atom. The third kappa shape index (κ3) is 4.10. The Balaban J connectivity index is 1.68. The molecule has 2 heterocycles. The van der Waals surface area contributed by atoms with E-state index in [0.717, 1.165) is 22.7 Å². The summed E-state index contributed by atoms with van der Waals surface area (Å²) in [5.74, 6) is 2.06. The first-order chi connectivity index (χ1) is 14.0. The molecule has 1 fully saturated rings. The van der Waals surface area contributed by atoms with Gasteiger partial charge in [-0.15, -0.1) is 0 Å². The van der Waals surface area contributed by atoms with Crippen LogP contribution in [0.25, 0.3) is 6.08 Å². The zero-order valence-electron chi connectivity index (χ0n) is 16.5. The lowest BCUT2D eigenvalue weighted by molar-refractivity contribution is -0.113. The smallest absolute Gasteiger partial charge is 0.271 e. The molecular weight excluding hydrogens is 388 g/mol. The molecule has 4 rings (SSSR count). The molecule has 0 aromatic heterocycles. The Morgan fingerprint density at radius 3 is 2.52 bits per heavy atom. The zero-order valence-corrected chi connectivity index (χ0v) is 17.4. The minimum absolute atomic E-state index is 0.0692. The summed E-state index contributed by atoms with van der Waals surface area (Å²) >= 11 is 1.38. The highest BCUT2D eigenvalue weighted by Gasteiger charge is 2.34. The maximum absolute atomic E-state index is 13.2. The van der Waals surface area contributed by atoms with Crippen molar-refractivity contribution < 1.29 is 19.0 Å². The van der Waals surface area contributed by atoms with Gasteiger partial charge < -0.3 is 14.2 Å². The summed E-state index contributed by atoms with van der Waals surface area (Å²) in [7, 11) is 1.62. The summed E-state index contributed by atoms with van der Waals surface area (Å²) in [6.45, 7) is 5.06. The average molecular weight is 410 g/mol. The van der Waals surface area contributed by atoms with Gasteiger partial charge in [-0.2, -0.15) is 0 Å². The first kappa shape index (κ1) is 19.4. The third-order valence-corrected chi connectivity index (χ3v) is 5.35. The monoisotopic (exact) mass is 410 g/mol. The fourth-order valence-electron chi connectivity index (χ4n) is 3.04. The minimum Gasteiger partial charge on any atom is -0.497 e. The maximum Gasteiger partial charge on any atom is 0.271 e. The predicted molar refractivity (Wildman–Crippen MR) is 116 cm³/mol. The summed E-state index contributed by atoms with van der Waals surface area (Å²) in [6, 6.07) is 13.1. The van der Waals surface area contributed by atoms with Gasteiger partial charge in [0.2, 0.25) is 0 Å². The Hall–Kier alpha value is -2.93. The summed E-state index contributed by atoms with van der Waals surface area (Å²) in [4.78, 5) is 20.1. The molecule has 0 spiro atoms. The number of aliphatic imine (C=N–C) groups is 1. The van der Waals surface area contributed by atoms with E-state index in [-0.39, 0.29) is 11.9 Å². The van der Waals surface area contributed by atoms with Crippen molar-refractivity contribution in [2.24, 2.45) is 4.99 Å². The van der Waals surface area contributed by atoms with Gasteiger partial charge in [0.05, 0.1) is 17.7 Å². The number of thioether (sulfide) groups is 1. The number of carbonyl (C=O) groups is 1. The highest BCUT2D eigenvalue weighted by Crippen LogP contribution is 2.38. The van der Waals surface area contributed by atoms with E-state index in [4.69, 9.17) is 14.2 Å². The van der Waals surface area contributed by atoms with Crippen LogP contribution in [0.15, 0.2) is 52.4 Å². The maximum atomic E-state index is 13.2. The van der Waals surface area contributed by atoms with Crippen molar-refractivity contribution in [2.45, 2.75) is 19.9 Å². The highest BCUT2D eigenvalue weighted by atomic mass is 32.2. The van der Waals surface area contributed by atoms with E-state index in [1.165, 1.54) is 11.8 Å². The zero-order chi connectivity index (χ0) is 20.4. The van der Waals surface area contributed by atoms with E-state index < -0.39 is 0 Å². The highest BCUT2D eigenvalue weighted by molar-refractivity contribution is 8.19. The van der Waals surface area contributed by atoms with Gasteiger partial charge in [-0.3, -0.25) is 14.7 Å². The van der Waals surface area contributed by atoms with Crippen LogP contribution >= 0.6 is 11.8 Å². The van der Waals surface area contributed by atoms with Crippen LogP contribution < -0.4 is 19.1 Å². The number of methoxy groups -OCH3 is 1. The first-order valence-corrected chi connectivity index (χ1v) is 10.2. The topological polar surface area (TPSA) is 60.4 Å². The van der Waals surface area contributed by atoms with E-state index >= 15 is 0 Å². The number of fused-ring (bicyclic) bond motifs is 1. The van der Waals surface area contributed by atoms with Gasteiger partial charge >= 0.3 is 0 Å². The molecule has 0 N–H and O–H groups in total. The van der Waals surface area contributed by atoms with Crippen LogP contribution in [0.5, 0.6) is 17.2 Å². The number of ether oxygens (including phenoxy) is 3. The van der Waals surface area contributed by atoms with Crippen LogP contribution in [0.3, 0.4) is 0 Å². The van der Waals surface area contributed by atoms with Gasteiger partial charge in [-0.25, -0.2) is 0 Å². The number of amidine groups is 1. The predicted octanol–water partition coefficient (Wildman–Crippen LogP) is 4.35. The quantitative estimate of drug-likeness (QED) is 0.702. The fraction of sp³-hybridized carbons (Fsp3) is 0.273. The number of anilines is 1. The summed E-state index contributed by atoms with van der Waals surface area (Å²) in [5.41, 5.74) is 1.64. The fourth-order valence-corrected chi connectivity index (χ4v) is 4.15. The molecule has 0 saturated carbocycles. The van der Waals surface area contributed by atoms with Crippen LogP contribution in [0.4, 0.5) is 5.69 Å². The number of benzene rings is 2. The van der Waals surface area contributed by atoms with Gasteiger partial charge in [-0.05, 0) is 73.6 Å². The second-order valence-corrected chi connectivity index (χ2v) is 7.87. The summed E-state index contributed by atoms with van der Waals surface area (Å²) in [5, 5.41) is 0.666. The molecule has 0 bridgehead atoms. The molecule has 6 nitrogen and oxygen atoms in total. The summed E-state index contributed by atoms with van der Waals surface area (Å²) < 4.78 is 16.4. The molecule has 150 valence electrons. The average Bonchev–Trinajstić information content (AvgIpc) is 3.02. The molecule has 29 heavy (non-hydrogen) atoms. The Kier molecular flexibility index (Phi) is 5.49. The molecule has 2 aromatic rings. The Bertz CT molecular complexity index is 983. The van der Waals surface area contributed by atoms with E-state index in [9.17, 15) is 4.79 Å². The number of hydrogen-bond donors (Lipinski definition) is 0. The van der Waals surface area contributed by atoms with E-state index in [1.807, 2.05) is 62.4 Å².